The molecule has 1 aliphatic heterocycles. The van der Waals surface area contributed by atoms with Gasteiger partial charge in [0, 0.05) is 17.6 Å². The fourth-order valence-electron chi connectivity index (χ4n) is 4.24. The first-order chi connectivity index (χ1) is 16.6. The Kier molecular flexibility index (Phi) is 5.22. The second-order valence-corrected chi connectivity index (χ2v) is 8.37. The van der Waals surface area contributed by atoms with Crippen molar-refractivity contribution in [2.45, 2.75) is 12.6 Å². The maximum absolute atomic E-state index is 15.2. The minimum Gasteiger partial charge on any atom is -0.375 e. The number of hydrogen-bond acceptors (Lipinski definition) is 5. The molecule has 11 heteroatoms. The molecule has 0 fully saturated rings. The number of aromatic amines is 1. The van der Waals surface area contributed by atoms with Crippen LogP contribution in [0.1, 0.15) is 27.0 Å². The predicted molar refractivity (Wildman–Crippen MR) is 124 cm³/mol. The molecule has 0 aliphatic carbocycles. The molecule has 2 amide bonds. The van der Waals surface area contributed by atoms with Crippen molar-refractivity contribution in [2.75, 3.05) is 11.9 Å². The number of carbonyl (C=O) groups excluding carboxylic acids is 2. The SMILES string of the molecule is CNC(=O)Oc1nc2ccc(C3(O)c4c(F)ccc(F)c4C(=O)N3c3cc(Cl)ccc3C)cc2[nH]1. The van der Waals surface area contributed by atoms with Crippen LogP contribution in [-0.4, -0.2) is 34.1 Å². The number of aryl methyl sites for hydroxylation is 1. The molecule has 0 saturated carbocycles. The first kappa shape index (κ1) is 22.8. The Bertz CT molecular complexity index is 1540. The van der Waals surface area contributed by atoms with Crippen LogP contribution in [0.15, 0.2) is 48.5 Å². The molecule has 4 aromatic rings. The highest BCUT2D eigenvalue weighted by Gasteiger charge is 2.54. The Labute approximate surface area is 202 Å². The molecule has 5 rings (SSSR count). The van der Waals surface area contributed by atoms with Gasteiger partial charge in [-0.1, -0.05) is 23.7 Å². The molecule has 35 heavy (non-hydrogen) atoms. The number of carbonyl (C=O) groups is 2. The summed E-state index contributed by atoms with van der Waals surface area (Å²) in [4.78, 5) is 32.8. The number of H-pyrrole nitrogens is 1. The van der Waals surface area contributed by atoms with Gasteiger partial charge in [0.15, 0.2) is 0 Å². The predicted octanol–water partition coefficient (Wildman–Crippen LogP) is 4.37. The number of fused-ring (bicyclic) bond motifs is 2. The minimum atomic E-state index is -2.44. The number of nitrogens with one attached hydrogen (secondary N) is 2. The first-order valence-electron chi connectivity index (χ1n) is 10.4. The Morgan fingerprint density at radius 1 is 1.17 bits per heavy atom. The van der Waals surface area contributed by atoms with Gasteiger partial charge in [0.25, 0.3) is 5.91 Å². The number of imidazole rings is 1. The van der Waals surface area contributed by atoms with Crippen LogP contribution in [0.2, 0.25) is 5.02 Å². The zero-order valence-electron chi connectivity index (χ0n) is 18.3. The largest absolute Gasteiger partial charge is 0.414 e. The molecular weight excluding hydrogens is 482 g/mol. The minimum absolute atomic E-state index is 0.0381. The van der Waals surface area contributed by atoms with Gasteiger partial charge in [0.05, 0.1) is 27.8 Å². The van der Waals surface area contributed by atoms with E-state index in [2.05, 4.69) is 15.3 Å². The van der Waals surface area contributed by atoms with Gasteiger partial charge in [-0.2, -0.15) is 4.98 Å². The number of ether oxygens (including phenoxy) is 1. The average Bonchev–Trinajstić information content (AvgIpc) is 3.33. The van der Waals surface area contributed by atoms with E-state index >= 15 is 4.39 Å². The maximum Gasteiger partial charge on any atom is 0.414 e. The van der Waals surface area contributed by atoms with Crippen LogP contribution < -0.4 is 15.0 Å². The van der Waals surface area contributed by atoms with Crippen LogP contribution in [0.3, 0.4) is 0 Å². The summed E-state index contributed by atoms with van der Waals surface area (Å²) in [6.45, 7) is 1.68. The molecule has 1 aromatic heterocycles. The van der Waals surface area contributed by atoms with Crippen LogP contribution in [-0.2, 0) is 5.72 Å². The van der Waals surface area contributed by atoms with Gasteiger partial charge in [0.1, 0.15) is 11.6 Å². The number of hydrogen-bond donors (Lipinski definition) is 3. The molecule has 0 bridgehead atoms. The number of benzene rings is 3. The van der Waals surface area contributed by atoms with Crippen molar-refractivity contribution >= 4 is 40.3 Å². The van der Waals surface area contributed by atoms with Crippen molar-refractivity contribution in [1.82, 2.24) is 15.3 Å². The standard InChI is InChI=1S/C24H17ClF2N4O4/c1-11-3-5-13(25)10-18(11)31-21(32)19-14(26)6-7-15(27)20(19)24(31,34)12-4-8-16-17(9-12)30-22(29-16)35-23(33)28-2/h3-10,34H,1-2H3,(H,28,33)(H,29,30). The lowest BCUT2D eigenvalue weighted by Crippen LogP contribution is -2.45. The summed E-state index contributed by atoms with van der Waals surface area (Å²) in [6, 6.07) is 10.5. The van der Waals surface area contributed by atoms with E-state index in [0.29, 0.717) is 16.6 Å². The topological polar surface area (TPSA) is 108 Å². The molecule has 0 spiro atoms. The molecule has 0 saturated heterocycles. The summed E-state index contributed by atoms with van der Waals surface area (Å²) in [5.41, 5.74) is -2.11. The summed E-state index contributed by atoms with van der Waals surface area (Å²) in [5, 5.41) is 14.6. The van der Waals surface area contributed by atoms with Crippen molar-refractivity contribution in [3.8, 4) is 6.01 Å². The van der Waals surface area contributed by atoms with E-state index in [4.69, 9.17) is 16.3 Å². The Morgan fingerprint density at radius 3 is 2.66 bits per heavy atom. The Morgan fingerprint density at radius 2 is 1.91 bits per heavy atom. The number of halogens is 3. The van der Waals surface area contributed by atoms with Gasteiger partial charge in [-0.05, 0) is 48.9 Å². The van der Waals surface area contributed by atoms with Gasteiger partial charge in [-0.15, -0.1) is 0 Å². The van der Waals surface area contributed by atoms with Crippen molar-refractivity contribution in [3.63, 3.8) is 0 Å². The molecule has 8 nitrogen and oxygen atoms in total. The zero-order valence-corrected chi connectivity index (χ0v) is 19.1. The highest BCUT2D eigenvalue weighted by molar-refractivity contribution is 6.31. The monoisotopic (exact) mass is 498 g/mol. The number of nitrogens with zero attached hydrogens (tertiary/aromatic N) is 2. The van der Waals surface area contributed by atoms with Crippen LogP contribution in [0.4, 0.5) is 19.3 Å². The number of anilines is 1. The van der Waals surface area contributed by atoms with Crippen molar-refractivity contribution < 1.29 is 28.2 Å². The van der Waals surface area contributed by atoms with E-state index in [1.165, 1.54) is 31.3 Å². The Hall–Kier alpha value is -4.02. The van der Waals surface area contributed by atoms with E-state index < -0.39 is 40.5 Å². The van der Waals surface area contributed by atoms with E-state index in [9.17, 15) is 19.1 Å². The summed E-state index contributed by atoms with van der Waals surface area (Å²) in [7, 11) is 1.38. The van der Waals surface area contributed by atoms with Crippen molar-refractivity contribution in [2.24, 2.45) is 0 Å². The molecule has 3 aromatic carbocycles. The van der Waals surface area contributed by atoms with Crippen LogP contribution in [0, 0.1) is 18.6 Å². The fraction of sp³-hybridized carbons (Fsp3) is 0.125. The molecule has 0 radical (unpaired) electrons. The normalized spacial score (nSPS) is 17.1. The summed E-state index contributed by atoms with van der Waals surface area (Å²) >= 11 is 6.16. The van der Waals surface area contributed by atoms with Gasteiger partial charge in [0.2, 0.25) is 5.72 Å². The number of aliphatic hydroxyl groups is 1. The van der Waals surface area contributed by atoms with E-state index in [1.54, 1.807) is 19.1 Å². The lowest BCUT2D eigenvalue weighted by atomic mass is 9.92. The van der Waals surface area contributed by atoms with Crippen LogP contribution >= 0.6 is 11.6 Å². The molecule has 1 aliphatic rings. The Balaban J connectivity index is 1.76. The lowest BCUT2D eigenvalue weighted by Gasteiger charge is -2.35. The second kappa shape index (κ2) is 8.03. The fourth-order valence-corrected chi connectivity index (χ4v) is 4.41. The molecule has 178 valence electrons. The number of aromatic nitrogens is 2. The zero-order chi connectivity index (χ0) is 25.1. The molecule has 1 unspecified atom stereocenters. The third kappa shape index (κ3) is 3.41. The molecular formula is C24H17ClF2N4O4. The van der Waals surface area contributed by atoms with E-state index in [-0.39, 0.29) is 22.3 Å². The highest BCUT2D eigenvalue weighted by atomic mass is 35.5. The van der Waals surface area contributed by atoms with E-state index in [0.717, 1.165) is 17.0 Å². The molecule has 3 N–H and O–H groups in total. The first-order valence-corrected chi connectivity index (χ1v) is 10.7. The second-order valence-electron chi connectivity index (χ2n) is 7.94. The smallest absolute Gasteiger partial charge is 0.375 e. The van der Waals surface area contributed by atoms with Crippen molar-refractivity contribution in [1.29, 1.82) is 0 Å². The van der Waals surface area contributed by atoms with Crippen LogP contribution in [0.5, 0.6) is 6.01 Å². The number of rotatable bonds is 3. The quantitative estimate of drug-likeness (QED) is 0.389. The van der Waals surface area contributed by atoms with Gasteiger partial charge in [-0.3, -0.25) is 9.69 Å². The molecule has 1 atom stereocenters. The summed E-state index contributed by atoms with van der Waals surface area (Å²) in [6.07, 6.45) is -0.752. The summed E-state index contributed by atoms with van der Waals surface area (Å²) < 4.78 is 35.0. The van der Waals surface area contributed by atoms with Gasteiger partial charge in [-0.25, -0.2) is 13.6 Å². The lowest BCUT2D eigenvalue weighted by molar-refractivity contribution is 0.0685. The van der Waals surface area contributed by atoms with Gasteiger partial charge < -0.3 is 20.1 Å². The summed E-state index contributed by atoms with van der Waals surface area (Å²) in [5.74, 6) is -2.87. The van der Waals surface area contributed by atoms with E-state index in [1.807, 2.05) is 0 Å². The van der Waals surface area contributed by atoms with Gasteiger partial charge >= 0.3 is 12.1 Å². The maximum atomic E-state index is 15.2. The third-order valence-corrected chi connectivity index (χ3v) is 6.10. The molecule has 2 heterocycles. The highest BCUT2D eigenvalue weighted by Crippen LogP contribution is 2.48. The van der Waals surface area contributed by atoms with Crippen molar-refractivity contribution in [3.05, 3.63) is 87.4 Å². The average molecular weight is 499 g/mol. The number of amides is 2. The van der Waals surface area contributed by atoms with Crippen LogP contribution in [0.25, 0.3) is 11.0 Å². The third-order valence-electron chi connectivity index (χ3n) is 5.86.